The largest absolute Gasteiger partial charge is 0.472 e. The van der Waals surface area contributed by atoms with E-state index in [2.05, 4.69) is 0 Å². The van der Waals surface area contributed by atoms with Crippen LogP contribution < -0.4 is 0 Å². The van der Waals surface area contributed by atoms with Gasteiger partial charge in [0.1, 0.15) is 17.3 Å². The van der Waals surface area contributed by atoms with Crippen LogP contribution in [0.15, 0.2) is 23.0 Å². The van der Waals surface area contributed by atoms with Gasteiger partial charge < -0.3 is 39.1 Å². The van der Waals surface area contributed by atoms with Crippen LogP contribution in [0.4, 0.5) is 0 Å². The molecule has 12 atom stereocenters. The number of aliphatic hydroxyl groups is 4. The maximum atomic E-state index is 14.3. The van der Waals surface area contributed by atoms with Crippen molar-refractivity contribution in [2.45, 2.75) is 81.3 Å². The third kappa shape index (κ3) is 2.04. The van der Waals surface area contributed by atoms with E-state index in [9.17, 15) is 34.8 Å². The smallest absolute Gasteiger partial charge is 0.335 e. The molecular formula is C27H32O11. The summed E-state index contributed by atoms with van der Waals surface area (Å²) in [7, 11) is 1.11. The van der Waals surface area contributed by atoms with Crippen LogP contribution in [0.25, 0.3) is 0 Å². The quantitative estimate of drug-likeness (QED) is 0.397. The Morgan fingerprint density at radius 3 is 2.53 bits per heavy atom. The highest BCUT2D eigenvalue weighted by Gasteiger charge is 2.99. The minimum atomic E-state index is -2.68. The number of carbonyl (C=O) groups excluding carboxylic acids is 3. The van der Waals surface area contributed by atoms with Gasteiger partial charge in [0.05, 0.1) is 37.6 Å². The van der Waals surface area contributed by atoms with Crippen molar-refractivity contribution in [1.29, 1.82) is 0 Å². The van der Waals surface area contributed by atoms with E-state index in [0.29, 0.717) is 12.0 Å². The lowest BCUT2D eigenvalue weighted by Gasteiger charge is -2.63. The maximum Gasteiger partial charge on any atom is 0.335 e. The average Bonchev–Trinajstić information content (AvgIpc) is 3.51. The Kier molecular flexibility index (Phi) is 4.24. The Morgan fingerprint density at radius 2 is 1.89 bits per heavy atom. The molecule has 2 aliphatic heterocycles. The SMILES string of the molecule is COC(=O)[C@@H](O)[C@@H]1[C@@]2(C)[C@H]3CC[C@@]4(C)[C@H](c5ccoc5)OC(=O)C[C@@]45O[C@@]4(O)C(=O)[C@]1(C)C[C@]2(O)[C@H]4[C@@]35O. The zero-order chi connectivity index (χ0) is 27.5. The average molecular weight is 533 g/mol. The highest BCUT2D eigenvalue weighted by atomic mass is 16.7. The molecule has 4 saturated carbocycles. The molecule has 4 N–H and O–H groups in total. The van der Waals surface area contributed by atoms with Crippen molar-refractivity contribution < 1.29 is 53.4 Å². The number of aliphatic hydroxyl groups excluding tert-OH is 1. The van der Waals surface area contributed by atoms with Crippen molar-refractivity contribution in [3.63, 3.8) is 0 Å². The fraction of sp³-hybridized carbons (Fsp3) is 0.741. The van der Waals surface area contributed by atoms with Crippen molar-refractivity contribution in [3.05, 3.63) is 24.2 Å². The Balaban J connectivity index is 1.52. The van der Waals surface area contributed by atoms with Gasteiger partial charge in [-0.05, 0) is 31.2 Å². The molecule has 38 heavy (non-hydrogen) atoms. The van der Waals surface area contributed by atoms with Crippen LogP contribution in [0, 0.1) is 34.0 Å². The lowest BCUT2D eigenvalue weighted by atomic mass is 9.45. The molecular weight excluding hydrogens is 500 g/mol. The Morgan fingerprint density at radius 1 is 1.18 bits per heavy atom. The lowest BCUT2D eigenvalue weighted by molar-refractivity contribution is -0.324. The van der Waals surface area contributed by atoms with Gasteiger partial charge in [0.15, 0.2) is 11.9 Å². The number of ether oxygens (including phenoxy) is 3. The number of ketones is 1. The van der Waals surface area contributed by atoms with Gasteiger partial charge in [0.2, 0.25) is 5.79 Å². The number of hydrogen-bond acceptors (Lipinski definition) is 11. The number of rotatable bonds is 3. The van der Waals surface area contributed by atoms with Gasteiger partial charge in [-0.1, -0.05) is 20.8 Å². The second-order valence-electron chi connectivity index (χ2n) is 13.1. The number of fused-ring (bicyclic) bond motifs is 2. The molecule has 0 radical (unpaired) electrons. The molecule has 2 saturated heterocycles. The summed E-state index contributed by atoms with van der Waals surface area (Å²) in [5.74, 6) is -8.75. The van der Waals surface area contributed by atoms with Crippen molar-refractivity contribution in [2.75, 3.05) is 7.11 Å². The van der Waals surface area contributed by atoms with E-state index < -0.39 is 92.9 Å². The molecule has 4 aliphatic carbocycles. The second kappa shape index (κ2) is 6.52. The fourth-order valence-electron chi connectivity index (χ4n) is 10.9. The monoisotopic (exact) mass is 532 g/mol. The third-order valence-corrected chi connectivity index (χ3v) is 12.0. The van der Waals surface area contributed by atoms with E-state index in [1.807, 2.05) is 0 Å². The van der Waals surface area contributed by atoms with Crippen molar-refractivity contribution in [1.82, 2.24) is 0 Å². The minimum Gasteiger partial charge on any atom is -0.472 e. The van der Waals surface area contributed by atoms with E-state index in [-0.39, 0.29) is 12.8 Å². The topological polar surface area (TPSA) is 173 Å². The Labute approximate surface area is 218 Å². The molecule has 6 aliphatic rings. The molecule has 1 aromatic rings. The van der Waals surface area contributed by atoms with Crippen molar-refractivity contribution in [2.24, 2.45) is 34.0 Å². The van der Waals surface area contributed by atoms with Crippen LogP contribution in [0.2, 0.25) is 0 Å². The van der Waals surface area contributed by atoms with Crippen molar-refractivity contribution in [3.8, 4) is 0 Å². The third-order valence-electron chi connectivity index (χ3n) is 12.0. The van der Waals surface area contributed by atoms with Gasteiger partial charge >= 0.3 is 11.9 Å². The van der Waals surface area contributed by atoms with Gasteiger partial charge in [-0.2, -0.15) is 0 Å². The second-order valence-corrected chi connectivity index (χ2v) is 13.1. The van der Waals surface area contributed by atoms with Crippen LogP contribution in [0.1, 0.15) is 58.1 Å². The zero-order valence-corrected chi connectivity index (χ0v) is 21.6. The number of cyclic esters (lactones) is 1. The van der Waals surface area contributed by atoms with Crippen LogP contribution >= 0.6 is 0 Å². The standard InChI is InChI=1S/C27H32O11/c1-21-11-24(32)19-26(33)13(23(24,3)16(21)15(29)18(30)35-4)5-7-22(2)17(12-6-8-36-10-12)37-14(28)9-25(22,26)38-27(19,34)20(21)31/h6,8,10,13,15-17,19,29,32-34H,5,7,9,11H2,1-4H3/t13-,15+,16+,17+,19+,21-,22+,23-,24+,25-,26+,27-/m1/s1. The van der Waals surface area contributed by atoms with Crippen LogP contribution in [-0.2, 0) is 28.6 Å². The summed E-state index contributed by atoms with van der Waals surface area (Å²) in [6.45, 7) is 4.97. The number of methoxy groups -OCH3 is 1. The summed E-state index contributed by atoms with van der Waals surface area (Å²) in [4.78, 5) is 40.2. The number of Topliss-reactive ketones (excluding diaryl/α,β-unsaturated/α-hetero) is 1. The first-order chi connectivity index (χ1) is 17.6. The number of esters is 2. The predicted octanol–water partition coefficient (Wildman–Crippen LogP) is 0.383. The Bertz CT molecular complexity index is 1290. The molecule has 11 heteroatoms. The summed E-state index contributed by atoms with van der Waals surface area (Å²) in [6.07, 6.45) is 0.0892. The maximum absolute atomic E-state index is 14.3. The highest BCUT2D eigenvalue weighted by molar-refractivity contribution is 5.96. The van der Waals surface area contributed by atoms with Crippen LogP contribution in [0.5, 0.6) is 0 Å². The number of hydrogen-bond donors (Lipinski definition) is 4. The van der Waals surface area contributed by atoms with E-state index in [0.717, 1.165) is 7.11 Å². The van der Waals surface area contributed by atoms with Crippen molar-refractivity contribution >= 4 is 17.7 Å². The van der Waals surface area contributed by atoms with E-state index >= 15 is 0 Å². The normalized spacial score (nSPS) is 56.4. The molecule has 0 unspecified atom stereocenters. The molecule has 0 aromatic carbocycles. The number of furan rings is 1. The molecule has 1 aromatic heterocycles. The molecule has 2 bridgehead atoms. The summed E-state index contributed by atoms with van der Waals surface area (Å²) in [6, 6.07) is 1.65. The summed E-state index contributed by atoms with van der Waals surface area (Å²) in [5.41, 5.74) is -9.42. The number of carbonyl (C=O) groups is 3. The minimum absolute atomic E-state index is 0.203. The summed E-state index contributed by atoms with van der Waals surface area (Å²) < 4.78 is 22.3. The summed E-state index contributed by atoms with van der Waals surface area (Å²) >= 11 is 0. The van der Waals surface area contributed by atoms with Gasteiger partial charge in [0, 0.05) is 27.7 Å². The molecule has 7 rings (SSSR count). The highest BCUT2D eigenvalue weighted by Crippen LogP contribution is 2.86. The van der Waals surface area contributed by atoms with Crippen LogP contribution in [0.3, 0.4) is 0 Å². The van der Waals surface area contributed by atoms with Gasteiger partial charge in [-0.15, -0.1) is 0 Å². The van der Waals surface area contributed by atoms with Gasteiger partial charge in [-0.25, -0.2) is 4.79 Å². The molecule has 1 spiro atoms. The predicted molar refractivity (Wildman–Crippen MR) is 122 cm³/mol. The molecule has 0 amide bonds. The van der Waals surface area contributed by atoms with Gasteiger partial charge in [0.25, 0.3) is 0 Å². The Hall–Kier alpha value is -2.31. The van der Waals surface area contributed by atoms with Gasteiger partial charge in [-0.3, -0.25) is 9.59 Å². The van der Waals surface area contributed by atoms with E-state index in [1.165, 1.54) is 19.5 Å². The van der Waals surface area contributed by atoms with Crippen LogP contribution in [-0.4, -0.2) is 74.0 Å². The first-order valence-corrected chi connectivity index (χ1v) is 13.0. The van der Waals surface area contributed by atoms with E-state index in [4.69, 9.17) is 18.6 Å². The van der Waals surface area contributed by atoms with E-state index in [1.54, 1.807) is 19.9 Å². The first-order valence-electron chi connectivity index (χ1n) is 13.0. The molecule has 6 fully saturated rings. The molecule has 11 nitrogen and oxygen atoms in total. The first kappa shape index (κ1) is 24.7. The lowest BCUT2D eigenvalue weighted by Crippen LogP contribution is -2.72. The summed E-state index contributed by atoms with van der Waals surface area (Å²) in [5, 5.41) is 49.0. The molecule has 3 heterocycles. The fourth-order valence-corrected chi connectivity index (χ4v) is 10.9. The zero-order valence-electron chi connectivity index (χ0n) is 21.6. The molecule has 206 valence electrons.